The Labute approximate surface area is 107 Å². The van der Waals surface area contributed by atoms with E-state index in [1.165, 1.54) is 0 Å². The molecule has 0 aliphatic rings. The van der Waals surface area contributed by atoms with Crippen LogP contribution in [0.1, 0.15) is 12.6 Å². The Bertz CT molecular complexity index is 332. The van der Waals surface area contributed by atoms with Crippen molar-refractivity contribution < 1.29 is 9.84 Å². The zero-order valence-corrected chi connectivity index (χ0v) is 11.3. The summed E-state index contributed by atoms with van der Waals surface area (Å²) in [5, 5.41) is 12.7. The number of aromatic nitrogens is 1. The van der Waals surface area contributed by atoms with Crippen molar-refractivity contribution in [1.29, 1.82) is 0 Å². The lowest BCUT2D eigenvalue weighted by atomic mass is 10.2. The highest BCUT2D eigenvalue weighted by Gasteiger charge is 2.14. The van der Waals surface area contributed by atoms with E-state index in [0.29, 0.717) is 12.4 Å². The molecule has 4 nitrogen and oxygen atoms in total. The van der Waals surface area contributed by atoms with Crippen LogP contribution in [-0.4, -0.2) is 41.4 Å². The smallest absolute Gasteiger partial charge is 0.213 e. The van der Waals surface area contributed by atoms with Crippen molar-refractivity contribution in [1.82, 2.24) is 10.3 Å². The van der Waals surface area contributed by atoms with E-state index in [0.717, 1.165) is 5.69 Å². The largest absolute Gasteiger partial charge is 0.481 e. The summed E-state index contributed by atoms with van der Waals surface area (Å²) in [6, 6.07) is 5.94. The molecule has 0 saturated heterocycles. The van der Waals surface area contributed by atoms with Crippen LogP contribution in [0.2, 0.25) is 0 Å². The molecule has 0 fully saturated rings. The highest BCUT2D eigenvalue weighted by molar-refractivity contribution is 7.99. The van der Waals surface area contributed by atoms with E-state index in [1.54, 1.807) is 18.9 Å². The predicted molar refractivity (Wildman–Crippen MR) is 71.5 cm³/mol. The van der Waals surface area contributed by atoms with Crippen molar-refractivity contribution in [2.45, 2.75) is 24.8 Å². The third kappa shape index (κ3) is 4.53. The summed E-state index contributed by atoms with van der Waals surface area (Å²) < 4.78 is 5.07. The fourth-order valence-corrected chi connectivity index (χ4v) is 2.16. The number of nitrogens with one attached hydrogen (secondary N) is 1. The second-order valence-corrected chi connectivity index (χ2v) is 4.87. The molecule has 1 aromatic rings. The first-order valence-electron chi connectivity index (χ1n) is 5.58. The summed E-state index contributed by atoms with van der Waals surface area (Å²) in [6.07, 6.45) is 2.00. The van der Waals surface area contributed by atoms with E-state index in [1.807, 2.05) is 24.5 Å². The van der Waals surface area contributed by atoms with Gasteiger partial charge in [0, 0.05) is 23.9 Å². The highest BCUT2D eigenvalue weighted by atomic mass is 32.2. The second kappa shape index (κ2) is 7.53. The molecule has 0 aliphatic heterocycles. The summed E-state index contributed by atoms with van der Waals surface area (Å²) in [6.45, 7) is 2.92. The SMILES string of the molecule is COc1cccc(CNC(C)C(CO)SC)n1. The molecule has 0 radical (unpaired) electrons. The van der Waals surface area contributed by atoms with Crippen LogP contribution in [0.5, 0.6) is 5.88 Å². The molecule has 0 bridgehead atoms. The van der Waals surface area contributed by atoms with Crippen molar-refractivity contribution in [2.24, 2.45) is 0 Å². The normalized spacial score (nSPS) is 14.4. The maximum absolute atomic E-state index is 9.18. The number of thioether (sulfide) groups is 1. The van der Waals surface area contributed by atoms with Gasteiger partial charge < -0.3 is 15.2 Å². The van der Waals surface area contributed by atoms with Crippen molar-refractivity contribution in [3.05, 3.63) is 23.9 Å². The van der Waals surface area contributed by atoms with Crippen molar-refractivity contribution in [3.8, 4) is 5.88 Å². The van der Waals surface area contributed by atoms with Gasteiger partial charge in [-0.15, -0.1) is 0 Å². The lowest BCUT2D eigenvalue weighted by molar-refractivity contribution is 0.275. The van der Waals surface area contributed by atoms with Crippen LogP contribution >= 0.6 is 11.8 Å². The number of hydrogen-bond donors (Lipinski definition) is 2. The number of pyridine rings is 1. The first-order valence-corrected chi connectivity index (χ1v) is 6.87. The van der Waals surface area contributed by atoms with Gasteiger partial charge in [-0.1, -0.05) is 6.07 Å². The van der Waals surface area contributed by atoms with Crippen molar-refractivity contribution >= 4 is 11.8 Å². The number of methoxy groups -OCH3 is 1. The lowest BCUT2D eigenvalue weighted by Crippen LogP contribution is -2.37. The molecule has 5 heteroatoms. The molecular weight excluding hydrogens is 236 g/mol. The molecule has 1 rings (SSSR count). The minimum Gasteiger partial charge on any atom is -0.481 e. The van der Waals surface area contributed by atoms with E-state index in [9.17, 15) is 5.11 Å². The predicted octanol–water partition coefficient (Wildman–Crippen LogP) is 1.29. The quantitative estimate of drug-likeness (QED) is 0.770. The van der Waals surface area contributed by atoms with Gasteiger partial charge in [-0.2, -0.15) is 11.8 Å². The fourth-order valence-electron chi connectivity index (χ4n) is 1.50. The summed E-state index contributed by atoms with van der Waals surface area (Å²) in [4.78, 5) is 4.32. The van der Waals surface area contributed by atoms with Crippen LogP contribution in [0.4, 0.5) is 0 Å². The number of rotatable bonds is 7. The van der Waals surface area contributed by atoms with Gasteiger partial charge in [0.05, 0.1) is 19.4 Å². The molecule has 2 N–H and O–H groups in total. The van der Waals surface area contributed by atoms with E-state index in [-0.39, 0.29) is 17.9 Å². The molecule has 1 aromatic heterocycles. The molecule has 96 valence electrons. The van der Waals surface area contributed by atoms with Gasteiger partial charge in [0.15, 0.2) is 0 Å². The highest BCUT2D eigenvalue weighted by Crippen LogP contribution is 2.11. The molecule has 2 unspecified atom stereocenters. The van der Waals surface area contributed by atoms with Crippen LogP contribution in [0.25, 0.3) is 0 Å². The lowest BCUT2D eigenvalue weighted by Gasteiger charge is -2.21. The van der Waals surface area contributed by atoms with Crippen molar-refractivity contribution in [3.63, 3.8) is 0 Å². The van der Waals surface area contributed by atoms with Gasteiger partial charge in [-0.05, 0) is 19.2 Å². The molecule has 0 amide bonds. The Kier molecular flexibility index (Phi) is 6.32. The minimum absolute atomic E-state index is 0.181. The minimum atomic E-state index is 0.181. The number of ether oxygens (including phenoxy) is 1. The number of aliphatic hydroxyl groups is 1. The Balaban J connectivity index is 2.49. The van der Waals surface area contributed by atoms with E-state index >= 15 is 0 Å². The second-order valence-electron chi connectivity index (χ2n) is 3.80. The van der Waals surface area contributed by atoms with E-state index in [4.69, 9.17) is 4.74 Å². The molecule has 2 atom stereocenters. The third-order valence-electron chi connectivity index (χ3n) is 2.64. The van der Waals surface area contributed by atoms with Gasteiger partial charge in [0.25, 0.3) is 0 Å². The Morgan fingerprint density at radius 2 is 2.29 bits per heavy atom. The third-order valence-corrected chi connectivity index (χ3v) is 3.80. The summed E-state index contributed by atoms with van der Waals surface area (Å²) >= 11 is 1.66. The molecular formula is C12H20N2O2S. The van der Waals surface area contributed by atoms with Crippen LogP contribution in [-0.2, 0) is 6.54 Å². The molecule has 0 saturated carbocycles. The molecule has 0 aromatic carbocycles. The number of hydrogen-bond acceptors (Lipinski definition) is 5. The zero-order chi connectivity index (χ0) is 12.7. The molecule has 17 heavy (non-hydrogen) atoms. The van der Waals surface area contributed by atoms with Crippen LogP contribution in [0.3, 0.4) is 0 Å². The molecule has 0 spiro atoms. The first kappa shape index (κ1) is 14.3. The first-order chi connectivity index (χ1) is 8.21. The topological polar surface area (TPSA) is 54.4 Å². The zero-order valence-electron chi connectivity index (χ0n) is 10.5. The Morgan fingerprint density at radius 1 is 1.53 bits per heavy atom. The fraction of sp³-hybridized carbons (Fsp3) is 0.583. The van der Waals surface area contributed by atoms with Crippen LogP contribution in [0, 0.1) is 0 Å². The van der Waals surface area contributed by atoms with E-state index in [2.05, 4.69) is 17.2 Å². The monoisotopic (exact) mass is 256 g/mol. The summed E-state index contributed by atoms with van der Waals surface area (Å²) in [7, 11) is 1.61. The molecule has 1 heterocycles. The van der Waals surface area contributed by atoms with Gasteiger partial charge in [-0.3, -0.25) is 0 Å². The average molecular weight is 256 g/mol. The summed E-state index contributed by atoms with van der Waals surface area (Å²) in [5.41, 5.74) is 0.939. The maximum Gasteiger partial charge on any atom is 0.213 e. The molecule has 0 aliphatic carbocycles. The van der Waals surface area contributed by atoms with Gasteiger partial charge >= 0.3 is 0 Å². The number of nitrogens with zero attached hydrogens (tertiary/aromatic N) is 1. The van der Waals surface area contributed by atoms with Crippen molar-refractivity contribution in [2.75, 3.05) is 20.0 Å². The van der Waals surface area contributed by atoms with Gasteiger partial charge in [0.2, 0.25) is 5.88 Å². The van der Waals surface area contributed by atoms with E-state index < -0.39 is 0 Å². The maximum atomic E-state index is 9.18. The van der Waals surface area contributed by atoms with Gasteiger partial charge in [-0.25, -0.2) is 4.98 Å². The Morgan fingerprint density at radius 3 is 2.88 bits per heavy atom. The van der Waals surface area contributed by atoms with Crippen LogP contribution in [0.15, 0.2) is 18.2 Å². The standard InChI is InChI=1S/C12H20N2O2S/c1-9(11(8-15)17-3)13-7-10-5-4-6-12(14-10)16-2/h4-6,9,11,13,15H,7-8H2,1-3H3. The summed E-state index contributed by atoms with van der Waals surface area (Å²) in [5.74, 6) is 0.625. The average Bonchev–Trinajstić information content (AvgIpc) is 2.38. The van der Waals surface area contributed by atoms with Gasteiger partial charge in [0.1, 0.15) is 0 Å². The Hall–Kier alpha value is -0.780. The van der Waals surface area contributed by atoms with Crippen LogP contribution < -0.4 is 10.1 Å². The number of aliphatic hydroxyl groups excluding tert-OH is 1.